The molecule has 218 valence electrons. The molecule has 2 bridgehead atoms. The molecule has 2 aromatic carbocycles. The van der Waals surface area contributed by atoms with Crippen molar-refractivity contribution in [1.29, 1.82) is 0 Å². The normalized spacial score (nSPS) is 25.0. The second-order valence-corrected chi connectivity index (χ2v) is 12.6. The van der Waals surface area contributed by atoms with Gasteiger partial charge in [-0.1, -0.05) is 30.2 Å². The van der Waals surface area contributed by atoms with E-state index in [9.17, 15) is 5.11 Å². The van der Waals surface area contributed by atoms with E-state index in [1.807, 2.05) is 12.1 Å². The molecule has 4 aromatic rings. The van der Waals surface area contributed by atoms with Crippen molar-refractivity contribution in [3.63, 3.8) is 0 Å². The van der Waals surface area contributed by atoms with Crippen LogP contribution in [0, 0.1) is 18.2 Å². The molecule has 4 saturated heterocycles. The Morgan fingerprint density at radius 1 is 1.21 bits per heavy atom. The van der Waals surface area contributed by atoms with E-state index in [2.05, 4.69) is 37.6 Å². The molecule has 6 heterocycles. The van der Waals surface area contributed by atoms with Crippen molar-refractivity contribution in [2.75, 3.05) is 37.7 Å². The summed E-state index contributed by atoms with van der Waals surface area (Å²) in [5.41, 5.74) is 2.32. The third-order valence-electron chi connectivity index (χ3n) is 9.74. The number of pyridine rings is 1. The second-order valence-electron chi connectivity index (χ2n) is 12.6. The molecule has 4 aliphatic heterocycles. The lowest BCUT2D eigenvalue weighted by Gasteiger charge is -2.34. The smallest absolute Gasteiger partial charge is 0.319 e. The Morgan fingerprint density at radius 2 is 2.05 bits per heavy atom. The standard InChI is InChI=1S/C34H33FN6O2/c1-3-21-6-4-7-22-12-25(42)13-26(28(21)22)30-29(35)31-27(15-36-30)32(40-17-23-8-9-24(18-40)37-23)39-33(38-31)43-19-34-10-5-11-41(34)16-20(2)14-34/h1,4,6-7,12-13,15,23-24,37,42H,2,5,8-11,14,16-19H2/t23-,24+,34?. The Balaban J connectivity index is 1.27. The van der Waals surface area contributed by atoms with Gasteiger partial charge in [0.25, 0.3) is 0 Å². The zero-order valence-electron chi connectivity index (χ0n) is 23.9. The minimum Gasteiger partial charge on any atom is -0.508 e. The van der Waals surface area contributed by atoms with Gasteiger partial charge in [0.2, 0.25) is 0 Å². The van der Waals surface area contributed by atoms with Crippen LogP contribution in [0.1, 0.15) is 37.7 Å². The van der Waals surface area contributed by atoms with Gasteiger partial charge in [0.15, 0.2) is 5.82 Å². The number of halogens is 1. The van der Waals surface area contributed by atoms with Gasteiger partial charge in [-0.15, -0.1) is 6.42 Å². The Morgan fingerprint density at radius 3 is 2.86 bits per heavy atom. The number of hydrogen-bond donors (Lipinski definition) is 2. The fourth-order valence-electron chi connectivity index (χ4n) is 7.85. The lowest BCUT2D eigenvalue weighted by molar-refractivity contribution is 0.108. The van der Waals surface area contributed by atoms with Gasteiger partial charge in [0.1, 0.15) is 29.4 Å². The fourth-order valence-corrected chi connectivity index (χ4v) is 7.85. The van der Waals surface area contributed by atoms with E-state index in [0.717, 1.165) is 58.3 Å². The van der Waals surface area contributed by atoms with Gasteiger partial charge < -0.3 is 20.1 Å². The lowest BCUT2D eigenvalue weighted by atomic mass is 9.94. The molecule has 4 aliphatic rings. The van der Waals surface area contributed by atoms with Crippen molar-refractivity contribution in [3.8, 4) is 35.4 Å². The van der Waals surface area contributed by atoms with Gasteiger partial charge in [-0.3, -0.25) is 9.88 Å². The van der Waals surface area contributed by atoms with Crippen LogP contribution in [0.25, 0.3) is 32.9 Å². The first-order valence-corrected chi connectivity index (χ1v) is 15.1. The Hall–Kier alpha value is -4.26. The van der Waals surface area contributed by atoms with Crippen LogP contribution >= 0.6 is 0 Å². The van der Waals surface area contributed by atoms with E-state index in [1.165, 1.54) is 11.6 Å². The van der Waals surface area contributed by atoms with Crippen LogP contribution in [-0.4, -0.2) is 75.4 Å². The molecule has 0 aliphatic carbocycles. The quantitative estimate of drug-likeness (QED) is 0.259. The highest BCUT2D eigenvalue weighted by molar-refractivity contribution is 6.02. The molecule has 4 fully saturated rings. The van der Waals surface area contributed by atoms with E-state index in [0.29, 0.717) is 51.8 Å². The van der Waals surface area contributed by atoms with Crippen LogP contribution in [0.15, 0.2) is 48.7 Å². The number of terminal acetylenes is 1. The van der Waals surface area contributed by atoms with Gasteiger partial charge >= 0.3 is 6.01 Å². The van der Waals surface area contributed by atoms with Gasteiger partial charge in [-0.05, 0) is 62.2 Å². The van der Waals surface area contributed by atoms with Gasteiger partial charge in [-0.2, -0.15) is 9.97 Å². The molecule has 9 heteroatoms. The molecule has 0 amide bonds. The van der Waals surface area contributed by atoms with Gasteiger partial charge in [0.05, 0.1) is 10.9 Å². The number of aromatic hydroxyl groups is 1. The predicted molar refractivity (Wildman–Crippen MR) is 165 cm³/mol. The maximum Gasteiger partial charge on any atom is 0.319 e. The summed E-state index contributed by atoms with van der Waals surface area (Å²) in [6, 6.07) is 9.47. The first kappa shape index (κ1) is 26.4. The Bertz CT molecular complexity index is 1840. The third kappa shape index (κ3) is 4.31. The van der Waals surface area contributed by atoms with Crippen molar-refractivity contribution >= 4 is 27.5 Å². The molecule has 1 unspecified atom stereocenters. The zero-order chi connectivity index (χ0) is 29.3. The Labute approximate surface area is 249 Å². The van der Waals surface area contributed by atoms with E-state index >= 15 is 4.39 Å². The largest absolute Gasteiger partial charge is 0.508 e. The monoisotopic (exact) mass is 576 g/mol. The number of anilines is 1. The predicted octanol–water partition coefficient (Wildman–Crippen LogP) is 4.78. The van der Waals surface area contributed by atoms with Crippen molar-refractivity contribution in [2.24, 2.45) is 0 Å². The van der Waals surface area contributed by atoms with Crippen LogP contribution < -0.4 is 15.0 Å². The number of nitrogens with one attached hydrogen (secondary N) is 1. The van der Waals surface area contributed by atoms with Gasteiger partial charge in [-0.25, -0.2) is 4.39 Å². The summed E-state index contributed by atoms with van der Waals surface area (Å²) in [6.45, 7) is 8.11. The number of phenols is 1. The molecule has 8 nitrogen and oxygen atoms in total. The average molecular weight is 577 g/mol. The second kappa shape index (κ2) is 9.90. The number of aromatic nitrogens is 3. The molecule has 0 radical (unpaired) electrons. The number of hydrogen-bond acceptors (Lipinski definition) is 8. The summed E-state index contributed by atoms with van der Waals surface area (Å²) in [5.74, 6) is 2.73. The lowest BCUT2D eigenvalue weighted by Crippen LogP contribution is -2.51. The fraction of sp³-hybridized carbons (Fsp3) is 0.382. The van der Waals surface area contributed by atoms with Crippen molar-refractivity contribution < 1.29 is 14.2 Å². The molecule has 2 aromatic heterocycles. The Kier molecular flexibility index (Phi) is 6.07. The first-order chi connectivity index (χ1) is 20.9. The number of phenolic OH excluding ortho intramolecular Hbond substituents is 1. The molecule has 8 rings (SSSR count). The number of fused-ring (bicyclic) bond motifs is 5. The topological polar surface area (TPSA) is 86.6 Å². The number of rotatable bonds is 5. The summed E-state index contributed by atoms with van der Waals surface area (Å²) < 4.78 is 23.1. The average Bonchev–Trinajstić information content (AvgIpc) is 3.65. The van der Waals surface area contributed by atoms with E-state index in [-0.39, 0.29) is 28.5 Å². The van der Waals surface area contributed by atoms with Crippen LogP contribution in [0.4, 0.5) is 10.2 Å². The third-order valence-corrected chi connectivity index (χ3v) is 9.74. The van der Waals surface area contributed by atoms with Crippen molar-refractivity contribution in [3.05, 3.63) is 60.1 Å². The minimum absolute atomic E-state index is 0.000171. The number of ether oxygens (including phenoxy) is 1. The highest BCUT2D eigenvalue weighted by Crippen LogP contribution is 2.42. The van der Waals surface area contributed by atoms with E-state index in [4.69, 9.17) is 16.1 Å². The number of benzene rings is 2. The minimum atomic E-state index is -0.599. The summed E-state index contributed by atoms with van der Waals surface area (Å²) in [5, 5.41) is 16.1. The first-order valence-electron chi connectivity index (χ1n) is 15.1. The highest BCUT2D eigenvalue weighted by Gasteiger charge is 2.46. The molecule has 0 spiro atoms. The molecular weight excluding hydrogens is 543 g/mol. The van der Waals surface area contributed by atoms with Crippen molar-refractivity contribution in [2.45, 2.75) is 49.7 Å². The summed E-state index contributed by atoms with van der Waals surface area (Å²) in [6.07, 6.45) is 12.7. The van der Waals surface area contributed by atoms with E-state index < -0.39 is 5.82 Å². The molecule has 43 heavy (non-hydrogen) atoms. The van der Waals surface area contributed by atoms with Gasteiger partial charge in [0, 0.05) is 54.4 Å². The van der Waals surface area contributed by atoms with Crippen LogP contribution in [0.5, 0.6) is 11.8 Å². The summed E-state index contributed by atoms with van der Waals surface area (Å²) in [4.78, 5) is 18.8. The SMILES string of the molecule is C#Cc1cccc2cc(O)cc(-c3ncc4c(N5C[C@H]6CC[C@@H](C5)N6)nc(OCC56CCCN5CC(=C)C6)nc4c3F)c12. The molecule has 2 N–H and O–H groups in total. The summed E-state index contributed by atoms with van der Waals surface area (Å²) in [7, 11) is 0. The molecule has 0 saturated carbocycles. The summed E-state index contributed by atoms with van der Waals surface area (Å²) >= 11 is 0. The maximum absolute atomic E-state index is 16.8. The van der Waals surface area contributed by atoms with Crippen LogP contribution in [0.2, 0.25) is 0 Å². The zero-order valence-corrected chi connectivity index (χ0v) is 23.9. The molecular formula is C34H33FN6O2. The molecule has 3 atom stereocenters. The number of nitrogens with zero attached hydrogens (tertiary/aromatic N) is 5. The van der Waals surface area contributed by atoms with Crippen molar-refractivity contribution in [1.82, 2.24) is 25.2 Å². The van der Waals surface area contributed by atoms with E-state index in [1.54, 1.807) is 18.3 Å². The van der Waals surface area contributed by atoms with Crippen LogP contribution in [-0.2, 0) is 0 Å². The maximum atomic E-state index is 16.8. The number of piperazine rings is 1. The highest BCUT2D eigenvalue weighted by atomic mass is 19.1. The van der Waals surface area contributed by atoms with Crippen LogP contribution in [0.3, 0.4) is 0 Å².